The number of nitrogens with two attached hydrogens (primary N) is 1. The highest BCUT2D eigenvalue weighted by Crippen LogP contribution is 2.16. The molecule has 1 aromatic rings. The third-order valence-corrected chi connectivity index (χ3v) is 4.73. The minimum absolute atomic E-state index is 0.0259. The Hall–Kier alpha value is -1.18. The zero-order chi connectivity index (χ0) is 16.2. The minimum atomic E-state index is -3.67. The van der Waals surface area contributed by atoms with E-state index in [1.807, 2.05) is 0 Å². The monoisotopic (exact) mass is 317 g/mol. The smallest absolute Gasteiger partial charge is 0.240 e. The Morgan fingerprint density at radius 3 is 2.29 bits per heavy atom. The van der Waals surface area contributed by atoms with Crippen LogP contribution in [0.5, 0.6) is 0 Å². The van der Waals surface area contributed by atoms with Crippen molar-refractivity contribution in [3.8, 4) is 0 Å². The molecule has 0 bridgehead atoms. The molecule has 0 aliphatic carbocycles. The van der Waals surface area contributed by atoms with Crippen molar-refractivity contribution in [1.29, 1.82) is 0 Å². The zero-order valence-corrected chi connectivity index (χ0v) is 13.7. The van der Waals surface area contributed by atoms with Gasteiger partial charge in [0.05, 0.1) is 10.6 Å². The topological polar surface area (TPSA) is 75.4 Å². The SMILES string of the molecule is CC(C)N(CCNS(=O)(=O)c1ccc(F)c(N)c1)C(C)C. The number of hydrogen-bond donors (Lipinski definition) is 2. The number of nitrogens with one attached hydrogen (secondary N) is 1. The summed E-state index contributed by atoms with van der Waals surface area (Å²) in [5, 5.41) is 0. The van der Waals surface area contributed by atoms with Gasteiger partial charge in [0, 0.05) is 25.2 Å². The van der Waals surface area contributed by atoms with E-state index in [-0.39, 0.29) is 17.1 Å². The molecule has 1 rings (SSSR count). The highest BCUT2D eigenvalue weighted by molar-refractivity contribution is 7.89. The van der Waals surface area contributed by atoms with E-state index in [1.165, 1.54) is 6.07 Å². The number of benzene rings is 1. The lowest BCUT2D eigenvalue weighted by atomic mass is 10.2. The molecule has 0 aliphatic heterocycles. The maximum atomic E-state index is 13.1. The quantitative estimate of drug-likeness (QED) is 0.752. The van der Waals surface area contributed by atoms with E-state index in [2.05, 4.69) is 37.3 Å². The maximum Gasteiger partial charge on any atom is 0.240 e. The predicted molar refractivity (Wildman–Crippen MR) is 83.0 cm³/mol. The Morgan fingerprint density at radius 2 is 1.81 bits per heavy atom. The molecule has 5 nitrogen and oxygen atoms in total. The standard InChI is InChI=1S/C14H24FN3O2S/c1-10(2)18(11(3)4)8-7-17-21(19,20)12-5-6-13(15)14(16)9-12/h5-6,9-11,17H,7-8,16H2,1-4H3. The van der Waals surface area contributed by atoms with E-state index in [9.17, 15) is 12.8 Å². The fourth-order valence-corrected chi connectivity index (χ4v) is 3.25. The molecule has 0 fully saturated rings. The van der Waals surface area contributed by atoms with E-state index in [1.54, 1.807) is 0 Å². The van der Waals surface area contributed by atoms with Crippen molar-refractivity contribution in [3.05, 3.63) is 24.0 Å². The van der Waals surface area contributed by atoms with Crippen molar-refractivity contribution in [2.24, 2.45) is 0 Å². The average Bonchev–Trinajstić information content (AvgIpc) is 2.36. The first kappa shape index (κ1) is 17.9. The summed E-state index contributed by atoms with van der Waals surface area (Å²) < 4.78 is 39.8. The van der Waals surface area contributed by atoms with Gasteiger partial charge in [-0.05, 0) is 45.9 Å². The minimum Gasteiger partial charge on any atom is -0.396 e. The van der Waals surface area contributed by atoms with Gasteiger partial charge >= 0.3 is 0 Å². The van der Waals surface area contributed by atoms with Gasteiger partial charge in [0.2, 0.25) is 10.0 Å². The molecular formula is C14H24FN3O2S. The molecule has 0 amide bonds. The number of nitrogens with zero attached hydrogens (tertiary/aromatic N) is 1. The number of rotatable bonds is 7. The Kier molecular flexibility index (Phi) is 6.12. The van der Waals surface area contributed by atoms with Crippen LogP contribution >= 0.6 is 0 Å². The van der Waals surface area contributed by atoms with Crippen LogP contribution in [0.25, 0.3) is 0 Å². The van der Waals surface area contributed by atoms with Crippen molar-refractivity contribution in [2.45, 2.75) is 44.7 Å². The molecule has 0 heterocycles. The van der Waals surface area contributed by atoms with Crippen LogP contribution in [0.15, 0.2) is 23.1 Å². The molecule has 0 saturated carbocycles. The molecule has 0 unspecified atom stereocenters. The number of nitrogen functional groups attached to an aromatic ring is 1. The van der Waals surface area contributed by atoms with Crippen LogP contribution in [-0.4, -0.2) is 38.5 Å². The third-order valence-electron chi connectivity index (χ3n) is 3.27. The largest absolute Gasteiger partial charge is 0.396 e. The Bertz CT molecular complexity index is 566. The van der Waals surface area contributed by atoms with Crippen molar-refractivity contribution >= 4 is 15.7 Å². The Labute approximate surface area is 126 Å². The normalized spacial score (nSPS) is 12.6. The van der Waals surface area contributed by atoms with Gasteiger partial charge in [0.1, 0.15) is 5.82 Å². The van der Waals surface area contributed by atoms with Gasteiger partial charge in [0.15, 0.2) is 0 Å². The fraction of sp³-hybridized carbons (Fsp3) is 0.571. The van der Waals surface area contributed by atoms with E-state index >= 15 is 0 Å². The first-order chi connectivity index (χ1) is 9.65. The van der Waals surface area contributed by atoms with E-state index in [4.69, 9.17) is 5.73 Å². The molecule has 0 saturated heterocycles. The summed E-state index contributed by atoms with van der Waals surface area (Å²) in [5.41, 5.74) is 5.22. The Morgan fingerprint density at radius 1 is 1.24 bits per heavy atom. The number of hydrogen-bond acceptors (Lipinski definition) is 4. The van der Waals surface area contributed by atoms with E-state index in [0.717, 1.165) is 12.1 Å². The van der Waals surface area contributed by atoms with Gasteiger partial charge in [-0.2, -0.15) is 0 Å². The molecule has 21 heavy (non-hydrogen) atoms. The predicted octanol–water partition coefficient (Wildman–Crippen LogP) is 1.81. The summed E-state index contributed by atoms with van der Waals surface area (Å²) in [6.07, 6.45) is 0. The van der Waals surface area contributed by atoms with E-state index < -0.39 is 15.8 Å². The lowest BCUT2D eigenvalue weighted by molar-refractivity contribution is 0.179. The van der Waals surface area contributed by atoms with Gasteiger partial charge in [-0.15, -0.1) is 0 Å². The second kappa shape index (κ2) is 7.20. The average molecular weight is 317 g/mol. The maximum absolute atomic E-state index is 13.1. The summed E-state index contributed by atoms with van der Waals surface area (Å²) in [5.74, 6) is -0.625. The van der Waals surface area contributed by atoms with Crippen LogP contribution in [-0.2, 0) is 10.0 Å². The molecule has 0 radical (unpaired) electrons. The van der Waals surface area contributed by atoms with Gasteiger partial charge in [-0.1, -0.05) is 0 Å². The lowest BCUT2D eigenvalue weighted by Gasteiger charge is -2.30. The fourth-order valence-electron chi connectivity index (χ4n) is 2.19. The molecular weight excluding hydrogens is 293 g/mol. The highest BCUT2D eigenvalue weighted by Gasteiger charge is 2.17. The molecule has 0 aliphatic rings. The summed E-state index contributed by atoms with van der Waals surface area (Å²) >= 11 is 0. The number of halogens is 1. The van der Waals surface area contributed by atoms with Gasteiger partial charge in [-0.25, -0.2) is 17.5 Å². The van der Waals surface area contributed by atoms with E-state index in [0.29, 0.717) is 18.6 Å². The van der Waals surface area contributed by atoms with Crippen molar-refractivity contribution < 1.29 is 12.8 Å². The van der Waals surface area contributed by atoms with Crippen molar-refractivity contribution in [1.82, 2.24) is 9.62 Å². The summed E-state index contributed by atoms with van der Waals surface area (Å²) in [6.45, 7) is 9.15. The third kappa shape index (κ3) is 4.94. The van der Waals surface area contributed by atoms with Crippen LogP contribution < -0.4 is 10.5 Å². The summed E-state index contributed by atoms with van der Waals surface area (Å²) in [4.78, 5) is 2.16. The number of anilines is 1. The Balaban J connectivity index is 2.71. The van der Waals surface area contributed by atoms with Gasteiger partial charge in [0.25, 0.3) is 0 Å². The summed E-state index contributed by atoms with van der Waals surface area (Å²) in [6, 6.07) is 4.04. The molecule has 0 aromatic heterocycles. The molecule has 0 atom stereocenters. The second-order valence-corrected chi connectivity index (χ2v) is 7.27. The zero-order valence-electron chi connectivity index (χ0n) is 12.9. The van der Waals surface area contributed by atoms with Gasteiger partial charge < -0.3 is 5.73 Å². The van der Waals surface area contributed by atoms with Crippen LogP contribution in [0.1, 0.15) is 27.7 Å². The van der Waals surface area contributed by atoms with Crippen LogP contribution in [0.4, 0.5) is 10.1 Å². The van der Waals surface area contributed by atoms with Crippen LogP contribution in [0.2, 0.25) is 0 Å². The van der Waals surface area contributed by atoms with Crippen LogP contribution in [0.3, 0.4) is 0 Å². The number of sulfonamides is 1. The molecule has 7 heteroatoms. The van der Waals surface area contributed by atoms with Crippen molar-refractivity contribution in [3.63, 3.8) is 0 Å². The summed E-state index contributed by atoms with van der Waals surface area (Å²) in [7, 11) is -3.67. The highest BCUT2D eigenvalue weighted by atomic mass is 32.2. The van der Waals surface area contributed by atoms with Crippen molar-refractivity contribution in [2.75, 3.05) is 18.8 Å². The van der Waals surface area contributed by atoms with Crippen LogP contribution in [0, 0.1) is 5.82 Å². The lowest BCUT2D eigenvalue weighted by Crippen LogP contribution is -2.42. The molecule has 3 N–H and O–H groups in total. The first-order valence-electron chi connectivity index (χ1n) is 6.95. The second-order valence-electron chi connectivity index (χ2n) is 5.51. The van der Waals surface area contributed by atoms with Gasteiger partial charge in [-0.3, -0.25) is 4.90 Å². The molecule has 120 valence electrons. The molecule has 1 aromatic carbocycles. The molecule has 0 spiro atoms. The first-order valence-corrected chi connectivity index (χ1v) is 8.44.